The second-order valence-electron chi connectivity index (χ2n) is 5.38. The average molecular weight is 329 g/mol. The molecule has 5 heteroatoms. The normalized spacial score (nSPS) is 28.6. The summed E-state index contributed by atoms with van der Waals surface area (Å²) < 4.78 is 0.794. The molecular weight excluding hydrogens is 318 g/mol. The molecule has 2 fully saturated rings. The van der Waals surface area contributed by atoms with E-state index in [1.807, 2.05) is 13.8 Å². The van der Waals surface area contributed by atoms with Gasteiger partial charge in [0, 0.05) is 4.47 Å². The average Bonchev–Trinajstić information content (AvgIpc) is 2.74. The molecule has 2 unspecified atom stereocenters. The third-order valence-corrected chi connectivity index (χ3v) is 4.76. The lowest BCUT2D eigenvalue weighted by molar-refractivity contribution is -0.125. The lowest BCUT2D eigenvalue weighted by Gasteiger charge is -2.21. The minimum Gasteiger partial charge on any atom is -0.274 e. The van der Waals surface area contributed by atoms with Crippen LogP contribution in [0.1, 0.15) is 13.8 Å². The Labute approximate surface area is 118 Å². The van der Waals surface area contributed by atoms with Gasteiger partial charge >= 0.3 is 0 Å². The van der Waals surface area contributed by atoms with Crippen molar-refractivity contribution >= 4 is 45.0 Å². The van der Waals surface area contributed by atoms with E-state index >= 15 is 0 Å². The number of hydrogen-bond acceptors (Lipinski definition) is 2. The van der Waals surface area contributed by atoms with Gasteiger partial charge in [-0.25, -0.2) is 4.90 Å². The first-order chi connectivity index (χ1) is 8.35. The van der Waals surface area contributed by atoms with Crippen molar-refractivity contribution < 1.29 is 9.59 Å². The zero-order valence-electron chi connectivity index (χ0n) is 9.91. The number of imide groups is 1. The molecule has 0 bridgehead atoms. The van der Waals surface area contributed by atoms with E-state index in [2.05, 4.69) is 15.9 Å². The van der Waals surface area contributed by atoms with Crippen LogP contribution in [0.25, 0.3) is 0 Å². The Morgan fingerprint density at radius 1 is 1.22 bits per heavy atom. The molecule has 2 atom stereocenters. The third-order valence-electron chi connectivity index (χ3n) is 3.95. The highest BCUT2D eigenvalue weighted by Gasteiger charge is 2.72. The van der Waals surface area contributed by atoms with Crippen molar-refractivity contribution in [1.29, 1.82) is 0 Å². The summed E-state index contributed by atoms with van der Waals surface area (Å²) in [4.78, 5) is 25.8. The Morgan fingerprint density at radius 3 is 2.33 bits per heavy atom. The molecule has 18 heavy (non-hydrogen) atoms. The number of carbonyl (C=O) groups excluding carboxylic acids is 2. The van der Waals surface area contributed by atoms with Crippen LogP contribution in [0, 0.1) is 17.3 Å². The summed E-state index contributed by atoms with van der Waals surface area (Å²) >= 11 is 9.40. The summed E-state index contributed by atoms with van der Waals surface area (Å²) in [5.41, 5.74) is 0.285. The maximum atomic E-state index is 12.3. The van der Waals surface area contributed by atoms with E-state index in [4.69, 9.17) is 11.6 Å². The van der Waals surface area contributed by atoms with Gasteiger partial charge in [-0.15, -0.1) is 0 Å². The van der Waals surface area contributed by atoms with Gasteiger partial charge in [0.15, 0.2) is 0 Å². The van der Waals surface area contributed by atoms with Gasteiger partial charge in [0.25, 0.3) is 0 Å². The second-order valence-corrected chi connectivity index (χ2v) is 6.71. The molecule has 0 aromatic heterocycles. The number of benzene rings is 1. The summed E-state index contributed by atoms with van der Waals surface area (Å²) in [6.07, 6.45) is 0. The van der Waals surface area contributed by atoms with E-state index < -0.39 is 0 Å². The Bertz CT molecular complexity index is 560. The second kappa shape index (κ2) is 3.58. The van der Waals surface area contributed by atoms with E-state index in [0.717, 1.165) is 4.47 Å². The fourth-order valence-corrected chi connectivity index (χ4v) is 3.39. The lowest BCUT2D eigenvalue weighted by Crippen LogP contribution is -2.36. The highest BCUT2D eigenvalue weighted by atomic mass is 79.9. The number of anilines is 1. The molecule has 1 aromatic carbocycles. The number of nitrogens with zero attached hydrogens (tertiary/aromatic N) is 1. The molecule has 1 saturated heterocycles. The molecule has 3 nitrogen and oxygen atoms in total. The van der Waals surface area contributed by atoms with Crippen LogP contribution < -0.4 is 4.90 Å². The smallest absolute Gasteiger partial charge is 0.238 e. The van der Waals surface area contributed by atoms with Crippen molar-refractivity contribution in [2.75, 3.05) is 4.90 Å². The predicted molar refractivity (Wildman–Crippen MR) is 72.4 cm³/mol. The molecule has 1 aromatic rings. The van der Waals surface area contributed by atoms with E-state index in [-0.39, 0.29) is 29.1 Å². The van der Waals surface area contributed by atoms with Gasteiger partial charge < -0.3 is 0 Å². The van der Waals surface area contributed by atoms with Crippen LogP contribution >= 0.6 is 27.5 Å². The molecule has 1 aliphatic heterocycles. The van der Waals surface area contributed by atoms with E-state index in [0.29, 0.717) is 10.7 Å². The summed E-state index contributed by atoms with van der Waals surface area (Å²) in [6, 6.07) is 5.16. The quantitative estimate of drug-likeness (QED) is 0.742. The molecule has 0 N–H and O–H groups in total. The molecule has 94 valence electrons. The number of piperidine rings is 1. The van der Waals surface area contributed by atoms with Gasteiger partial charge in [0.1, 0.15) is 0 Å². The summed E-state index contributed by atoms with van der Waals surface area (Å²) in [5.74, 6) is -0.620. The Hall–Kier alpha value is -0.870. The fraction of sp³-hybridized carbons (Fsp3) is 0.385. The molecule has 0 spiro atoms. The molecule has 1 saturated carbocycles. The van der Waals surface area contributed by atoms with Gasteiger partial charge in [0.2, 0.25) is 11.8 Å². The zero-order valence-corrected chi connectivity index (χ0v) is 12.2. The number of hydrogen-bond donors (Lipinski definition) is 0. The van der Waals surface area contributed by atoms with Crippen LogP contribution in [0.3, 0.4) is 0 Å². The van der Waals surface area contributed by atoms with Crippen LogP contribution in [0.15, 0.2) is 22.7 Å². The van der Waals surface area contributed by atoms with Gasteiger partial charge in [-0.3, -0.25) is 9.59 Å². The highest BCUT2D eigenvalue weighted by Crippen LogP contribution is 2.64. The standard InChI is InChI=1S/C13H11BrClNO2/c1-13(2)9-10(13)12(18)16(11(9)17)8-5-6(14)3-4-7(8)15/h3-5,9-10H,1-2H3. The number of halogens is 2. The van der Waals surface area contributed by atoms with Crippen molar-refractivity contribution in [1.82, 2.24) is 0 Å². The largest absolute Gasteiger partial charge is 0.274 e. The molecule has 0 radical (unpaired) electrons. The molecule has 2 aliphatic rings. The minimum absolute atomic E-state index is 0.130. The third kappa shape index (κ3) is 1.42. The Balaban J connectivity index is 2.03. The number of rotatable bonds is 1. The fourth-order valence-electron chi connectivity index (χ4n) is 2.84. The molecule has 1 aliphatic carbocycles. The SMILES string of the molecule is CC1(C)C2C(=O)N(c3cc(Br)ccc3Cl)C(=O)C21. The van der Waals surface area contributed by atoms with Crippen molar-refractivity contribution in [3.8, 4) is 0 Å². The lowest BCUT2D eigenvalue weighted by atomic mass is 10.1. The van der Waals surface area contributed by atoms with Crippen LogP contribution in [-0.4, -0.2) is 11.8 Å². The Morgan fingerprint density at radius 2 is 1.78 bits per heavy atom. The molecule has 1 heterocycles. The first-order valence-electron chi connectivity index (χ1n) is 5.68. The summed E-state index contributed by atoms with van der Waals surface area (Å²) in [6.45, 7) is 3.91. The van der Waals surface area contributed by atoms with Crippen molar-refractivity contribution in [2.24, 2.45) is 17.3 Å². The molecule has 2 amide bonds. The van der Waals surface area contributed by atoms with Crippen molar-refractivity contribution in [2.45, 2.75) is 13.8 Å². The maximum absolute atomic E-state index is 12.3. The van der Waals surface area contributed by atoms with E-state index in [9.17, 15) is 9.59 Å². The van der Waals surface area contributed by atoms with E-state index in [1.54, 1.807) is 18.2 Å². The minimum atomic E-state index is -0.191. The van der Waals surface area contributed by atoms with Crippen LogP contribution in [0.2, 0.25) is 5.02 Å². The Kier molecular flexibility index (Phi) is 2.42. The number of fused-ring (bicyclic) bond motifs is 1. The topological polar surface area (TPSA) is 37.4 Å². The first-order valence-corrected chi connectivity index (χ1v) is 6.85. The van der Waals surface area contributed by atoms with Crippen LogP contribution in [0.5, 0.6) is 0 Å². The first kappa shape index (κ1) is 12.2. The zero-order chi connectivity index (χ0) is 13.2. The molecule has 3 rings (SSSR count). The van der Waals surface area contributed by atoms with Crippen LogP contribution in [-0.2, 0) is 9.59 Å². The van der Waals surface area contributed by atoms with Gasteiger partial charge in [-0.05, 0) is 23.6 Å². The summed E-state index contributed by atoms with van der Waals surface area (Å²) in [7, 11) is 0. The molecular formula is C13H11BrClNO2. The van der Waals surface area contributed by atoms with Crippen molar-refractivity contribution in [3.05, 3.63) is 27.7 Å². The number of carbonyl (C=O) groups is 2. The monoisotopic (exact) mass is 327 g/mol. The van der Waals surface area contributed by atoms with Gasteiger partial charge in [-0.2, -0.15) is 0 Å². The predicted octanol–water partition coefficient (Wildman–Crippen LogP) is 3.25. The maximum Gasteiger partial charge on any atom is 0.238 e. The van der Waals surface area contributed by atoms with Crippen LogP contribution in [0.4, 0.5) is 5.69 Å². The highest BCUT2D eigenvalue weighted by molar-refractivity contribution is 9.10. The van der Waals surface area contributed by atoms with Gasteiger partial charge in [-0.1, -0.05) is 41.4 Å². The van der Waals surface area contributed by atoms with E-state index in [1.165, 1.54) is 4.90 Å². The summed E-state index contributed by atoms with van der Waals surface area (Å²) in [5, 5.41) is 0.416. The van der Waals surface area contributed by atoms with Crippen molar-refractivity contribution in [3.63, 3.8) is 0 Å². The number of amides is 2. The van der Waals surface area contributed by atoms with Gasteiger partial charge in [0.05, 0.1) is 22.5 Å².